The molecule has 0 unspecified atom stereocenters. The molecule has 1 fully saturated rings. The van der Waals surface area contributed by atoms with Crippen LogP contribution < -0.4 is 0 Å². The van der Waals surface area contributed by atoms with Gasteiger partial charge >= 0.3 is 0 Å². The smallest absolute Gasteiger partial charge is 0.255 e. The Kier molecular flexibility index (Phi) is 6.50. The number of benzene rings is 1. The molecule has 30 heavy (non-hydrogen) atoms. The van der Waals surface area contributed by atoms with E-state index >= 15 is 0 Å². The van der Waals surface area contributed by atoms with Crippen molar-refractivity contribution in [3.8, 4) is 0 Å². The first kappa shape index (κ1) is 20.6. The fourth-order valence-corrected chi connectivity index (χ4v) is 4.74. The first-order chi connectivity index (χ1) is 14.6. The number of ether oxygens (including phenoxy) is 1. The monoisotopic (exact) mass is 423 g/mol. The largest absolute Gasteiger partial charge is 0.372 e. The molecule has 1 saturated heterocycles. The number of carbonyl (C=O) groups excluding carboxylic acids is 1. The van der Waals surface area contributed by atoms with Crippen molar-refractivity contribution in [2.45, 2.75) is 43.6 Å². The van der Waals surface area contributed by atoms with Gasteiger partial charge in [-0.25, -0.2) is 0 Å². The van der Waals surface area contributed by atoms with Gasteiger partial charge in [-0.2, -0.15) is 0 Å². The van der Waals surface area contributed by atoms with Crippen LogP contribution in [0.1, 0.15) is 39.4 Å². The lowest BCUT2D eigenvalue weighted by molar-refractivity contribution is 0.0435. The zero-order chi connectivity index (χ0) is 20.9. The first-order valence-electron chi connectivity index (χ1n) is 10.0. The molecular formula is C23H25N3O3S. The van der Waals surface area contributed by atoms with Crippen LogP contribution >= 0.6 is 11.8 Å². The number of hydrogen-bond donors (Lipinski definition) is 0. The van der Waals surface area contributed by atoms with Gasteiger partial charge in [0.15, 0.2) is 0 Å². The summed E-state index contributed by atoms with van der Waals surface area (Å²) in [5, 5.41) is 4.02. The SMILES string of the molecule is Cc1noc(C)c1CSc1ccccc1C(=O)N1CC[C@@H](OCc2cccnc2)C1. The average molecular weight is 424 g/mol. The number of amides is 1. The second-order valence-corrected chi connectivity index (χ2v) is 8.44. The van der Waals surface area contributed by atoms with Gasteiger partial charge in [0.1, 0.15) is 5.76 Å². The van der Waals surface area contributed by atoms with Gasteiger partial charge in [-0.05, 0) is 44.0 Å². The Bertz CT molecular complexity index is 986. The zero-order valence-electron chi connectivity index (χ0n) is 17.2. The fraction of sp³-hybridized carbons (Fsp3) is 0.348. The first-order valence-corrected chi connectivity index (χ1v) is 11.0. The van der Waals surface area contributed by atoms with E-state index in [1.165, 1.54) is 0 Å². The third kappa shape index (κ3) is 4.74. The highest BCUT2D eigenvalue weighted by Crippen LogP contribution is 2.30. The molecule has 7 heteroatoms. The number of nitrogens with zero attached hydrogens (tertiary/aromatic N) is 3. The minimum absolute atomic E-state index is 0.0521. The molecule has 1 aromatic carbocycles. The van der Waals surface area contributed by atoms with Crippen LogP contribution in [0, 0.1) is 13.8 Å². The van der Waals surface area contributed by atoms with Gasteiger partial charge in [-0.1, -0.05) is 23.4 Å². The van der Waals surface area contributed by atoms with Crippen LogP contribution in [0.25, 0.3) is 0 Å². The lowest BCUT2D eigenvalue weighted by atomic mass is 10.2. The molecule has 0 saturated carbocycles. The predicted molar refractivity (Wildman–Crippen MR) is 115 cm³/mol. The van der Waals surface area contributed by atoms with E-state index in [-0.39, 0.29) is 12.0 Å². The molecule has 3 aromatic rings. The number of thioether (sulfide) groups is 1. The van der Waals surface area contributed by atoms with Crippen LogP contribution in [0.2, 0.25) is 0 Å². The van der Waals surface area contributed by atoms with E-state index in [2.05, 4.69) is 10.1 Å². The van der Waals surface area contributed by atoms with E-state index in [1.54, 1.807) is 18.0 Å². The van der Waals surface area contributed by atoms with Crippen LogP contribution in [0.4, 0.5) is 0 Å². The van der Waals surface area contributed by atoms with Crippen LogP contribution in [-0.4, -0.2) is 40.1 Å². The van der Waals surface area contributed by atoms with Crippen LogP contribution in [-0.2, 0) is 17.1 Å². The van der Waals surface area contributed by atoms with Crippen molar-refractivity contribution < 1.29 is 14.1 Å². The molecule has 0 aliphatic carbocycles. The lowest BCUT2D eigenvalue weighted by Gasteiger charge is -2.18. The van der Waals surface area contributed by atoms with Gasteiger partial charge in [-0.15, -0.1) is 11.8 Å². The standard InChI is InChI=1S/C23H25N3O3S/c1-16-21(17(2)29-25-16)15-30-22-8-4-3-7-20(22)23(27)26-11-9-19(13-26)28-14-18-6-5-10-24-12-18/h3-8,10,12,19H,9,11,13-15H2,1-2H3/t19-/m1/s1. The molecule has 0 radical (unpaired) electrons. The van der Waals surface area contributed by atoms with Crippen LogP contribution in [0.3, 0.4) is 0 Å². The molecular weight excluding hydrogens is 398 g/mol. The molecule has 2 aromatic heterocycles. The Morgan fingerprint density at radius 3 is 2.90 bits per heavy atom. The minimum atomic E-state index is 0.0521. The maximum atomic E-state index is 13.2. The maximum absolute atomic E-state index is 13.2. The Morgan fingerprint density at radius 2 is 2.13 bits per heavy atom. The Labute approximate surface area is 180 Å². The summed E-state index contributed by atoms with van der Waals surface area (Å²) in [4.78, 5) is 20.2. The molecule has 0 N–H and O–H groups in total. The highest BCUT2D eigenvalue weighted by atomic mass is 32.2. The molecule has 1 aliphatic rings. The number of carbonyl (C=O) groups is 1. The molecule has 0 spiro atoms. The number of aryl methyl sites for hydroxylation is 2. The van der Waals surface area contributed by atoms with E-state index in [1.807, 2.05) is 61.3 Å². The molecule has 6 nitrogen and oxygen atoms in total. The van der Waals surface area contributed by atoms with Crippen molar-refractivity contribution in [3.63, 3.8) is 0 Å². The minimum Gasteiger partial charge on any atom is -0.372 e. The number of hydrogen-bond acceptors (Lipinski definition) is 6. The summed E-state index contributed by atoms with van der Waals surface area (Å²) in [7, 11) is 0. The van der Waals surface area contributed by atoms with Crippen molar-refractivity contribution in [1.29, 1.82) is 0 Å². The molecule has 156 valence electrons. The van der Waals surface area contributed by atoms with Gasteiger partial charge in [0.25, 0.3) is 5.91 Å². The van der Waals surface area contributed by atoms with Crippen molar-refractivity contribution in [1.82, 2.24) is 15.0 Å². The number of aromatic nitrogens is 2. The van der Waals surface area contributed by atoms with Gasteiger partial charge in [0.2, 0.25) is 0 Å². The topological polar surface area (TPSA) is 68.5 Å². The van der Waals surface area contributed by atoms with E-state index in [0.29, 0.717) is 19.7 Å². The molecule has 1 atom stereocenters. The van der Waals surface area contributed by atoms with Crippen molar-refractivity contribution in [2.75, 3.05) is 13.1 Å². The second-order valence-electron chi connectivity index (χ2n) is 7.42. The van der Waals surface area contributed by atoms with E-state index in [4.69, 9.17) is 9.26 Å². The molecule has 3 heterocycles. The number of likely N-dealkylation sites (tertiary alicyclic amines) is 1. The summed E-state index contributed by atoms with van der Waals surface area (Å²) in [5.74, 6) is 1.61. The highest BCUT2D eigenvalue weighted by molar-refractivity contribution is 7.98. The van der Waals surface area contributed by atoms with Crippen molar-refractivity contribution in [2.24, 2.45) is 0 Å². The summed E-state index contributed by atoms with van der Waals surface area (Å²) in [6.45, 7) is 5.70. The Morgan fingerprint density at radius 1 is 1.27 bits per heavy atom. The van der Waals surface area contributed by atoms with E-state index in [0.717, 1.165) is 45.2 Å². The van der Waals surface area contributed by atoms with Gasteiger partial charge in [-0.3, -0.25) is 9.78 Å². The quantitative estimate of drug-likeness (QED) is 0.525. The summed E-state index contributed by atoms with van der Waals surface area (Å²) < 4.78 is 11.3. The summed E-state index contributed by atoms with van der Waals surface area (Å²) >= 11 is 1.64. The van der Waals surface area contributed by atoms with E-state index < -0.39 is 0 Å². The van der Waals surface area contributed by atoms with Crippen LogP contribution in [0.5, 0.6) is 0 Å². The third-order valence-electron chi connectivity index (χ3n) is 5.31. The molecule has 1 aliphatic heterocycles. The van der Waals surface area contributed by atoms with E-state index in [9.17, 15) is 4.79 Å². The second kappa shape index (κ2) is 9.45. The summed E-state index contributed by atoms with van der Waals surface area (Å²) in [5.41, 5.74) is 3.77. The third-order valence-corrected chi connectivity index (χ3v) is 6.41. The van der Waals surface area contributed by atoms with Crippen LogP contribution in [0.15, 0.2) is 58.2 Å². The predicted octanol–water partition coefficient (Wildman–Crippen LogP) is 4.41. The Hall–Kier alpha value is -2.64. The Balaban J connectivity index is 1.38. The summed E-state index contributed by atoms with van der Waals surface area (Å²) in [6, 6.07) is 11.7. The highest BCUT2D eigenvalue weighted by Gasteiger charge is 2.28. The van der Waals surface area contributed by atoms with Gasteiger partial charge in [0, 0.05) is 41.7 Å². The fourth-order valence-electron chi connectivity index (χ4n) is 3.54. The molecule has 1 amide bonds. The normalized spacial score (nSPS) is 16.2. The average Bonchev–Trinajstić information content (AvgIpc) is 3.38. The summed E-state index contributed by atoms with van der Waals surface area (Å²) in [6.07, 6.45) is 4.46. The lowest BCUT2D eigenvalue weighted by Crippen LogP contribution is -2.30. The number of rotatable bonds is 7. The number of pyridine rings is 1. The van der Waals surface area contributed by atoms with Crippen molar-refractivity contribution >= 4 is 17.7 Å². The maximum Gasteiger partial charge on any atom is 0.255 e. The van der Waals surface area contributed by atoms with Crippen molar-refractivity contribution in [3.05, 3.63) is 76.9 Å². The molecule has 4 rings (SSSR count). The van der Waals surface area contributed by atoms with Gasteiger partial charge in [0.05, 0.1) is 24.0 Å². The van der Waals surface area contributed by atoms with Gasteiger partial charge < -0.3 is 14.2 Å². The zero-order valence-corrected chi connectivity index (χ0v) is 18.0. The molecule has 0 bridgehead atoms.